The summed E-state index contributed by atoms with van der Waals surface area (Å²) in [4.78, 5) is 21.9. The van der Waals surface area contributed by atoms with Crippen molar-refractivity contribution in [3.8, 4) is 0 Å². The van der Waals surface area contributed by atoms with Crippen LogP contribution in [0.1, 0.15) is 16.1 Å². The molecule has 0 aliphatic carbocycles. The zero-order valence-electron chi connectivity index (χ0n) is 17.4. The van der Waals surface area contributed by atoms with Gasteiger partial charge in [0.15, 0.2) is 0 Å². The monoisotopic (exact) mass is 448 g/mol. The fraction of sp³-hybridized carbons (Fsp3) is 0.200. The van der Waals surface area contributed by atoms with Crippen molar-refractivity contribution in [2.45, 2.75) is 6.54 Å². The number of pyridine rings is 1. The SMILES string of the molecule is O=C(c1cc2ccccc2n1Cc1ccccc1F)N1CCN(c2ccc(Cl)cn2)CC1. The Hall–Kier alpha value is -3.38. The van der Waals surface area contributed by atoms with Crippen molar-refractivity contribution >= 4 is 34.2 Å². The number of carbonyl (C=O) groups excluding carboxylic acids is 1. The van der Waals surface area contributed by atoms with Crippen LogP contribution in [-0.4, -0.2) is 46.5 Å². The van der Waals surface area contributed by atoms with Gasteiger partial charge in [-0.2, -0.15) is 0 Å². The lowest BCUT2D eigenvalue weighted by Crippen LogP contribution is -2.49. The predicted octanol–water partition coefficient (Wildman–Crippen LogP) is 4.84. The fourth-order valence-electron chi connectivity index (χ4n) is 4.21. The minimum atomic E-state index is -0.271. The zero-order chi connectivity index (χ0) is 22.1. The minimum Gasteiger partial charge on any atom is -0.353 e. The van der Waals surface area contributed by atoms with Gasteiger partial charge < -0.3 is 14.4 Å². The van der Waals surface area contributed by atoms with E-state index in [1.807, 2.05) is 58.0 Å². The van der Waals surface area contributed by atoms with Gasteiger partial charge in [-0.3, -0.25) is 4.79 Å². The Morgan fingerprint density at radius 2 is 1.72 bits per heavy atom. The van der Waals surface area contributed by atoms with Gasteiger partial charge in [0, 0.05) is 48.8 Å². The third-order valence-electron chi connectivity index (χ3n) is 5.92. The van der Waals surface area contributed by atoms with Gasteiger partial charge in [-0.25, -0.2) is 9.37 Å². The number of anilines is 1. The largest absolute Gasteiger partial charge is 0.353 e. The first kappa shape index (κ1) is 20.5. The number of fused-ring (bicyclic) bond motifs is 1. The summed E-state index contributed by atoms with van der Waals surface area (Å²) in [6.07, 6.45) is 1.63. The molecular weight excluding hydrogens is 427 g/mol. The van der Waals surface area contributed by atoms with Gasteiger partial charge in [0.1, 0.15) is 17.3 Å². The van der Waals surface area contributed by atoms with Gasteiger partial charge in [-0.15, -0.1) is 0 Å². The van der Waals surface area contributed by atoms with E-state index in [0.29, 0.717) is 49.0 Å². The second kappa shape index (κ2) is 8.63. The van der Waals surface area contributed by atoms with Gasteiger partial charge in [0.05, 0.1) is 11.6 Å². The normalized spacial score (nSPS) is 14.2. The van der Waals surface area contributed by atoms with E-state index in [2.05, 4.69) is 9.88 Å². The Labute approximate surface area is 190 Å². The topological polar surface area (TPSA) is 41.4 Å². The number of amides is 1. The zero-order valence-corrected chi connectivity index (χ0v) is 18.2. The van der Waals surface area contributed by atoms with Crippen molar-refractivity contribution in [1.82, 2.24) is 14.5 Å². The molecule has 0 saturated carbocycles. The van der Waals surface area contributed by atoms with Crippen LogP contribution in [0, 0.1) is 5.82 Å². The van der Waals surface area contributed by atoms with E-state index < -0.39 is 0 Å². The highest BCUT2D eigenvalue weighted by atomic mass is 35.5. The van der Waals surface area contributed by atoms with Crippen molar-refractivity contribution in [2.75, 3.05) is 31.1 Å². The number of halogens is 2. The Morgan fingerprint density at radius 3 is 2.47 bits per heavy atom. The summed E-state index contributed by atoms with van der Waals surface area (Å²) >= 11 is 5.94. The molecule has 3 heterocycles. The highest BCUT2D eigenvalue weighted by molar-refractivity contribution is 6.30. The number of carbonyl (C=O) groups is 1. The van der Waals surface area contributed by atoms with Crippen LogP contribution < -0.4 is 4.90 Å². The molecular formula is C25H22ClFN4O. The number of benzene rings is 2. The first-order valence-corrected chi connectivity index (χ1v) is 11.0. The van der Waals surface area contributed by atoms with E-state index >= 15 is 0 Å². The van der Waals surface area contributed by atoms with Crippen molar-refractivity contribution in [3.05, 3.63) is 95.0 Å². The Balaban J connectivity index is 1.40. The predicted molar refractivity (Wildman–Crippen MR) is 125 cm³/mol. The summed E-state index contributed by atoms with van der Waals surface area (Å²) in [5, 5.41) is 1.57. The molecule has 0 bridgehead atoms. The quantitative estimate of drug-likeness (QED) is 0.448. The lowest BCUT2D eigenvalue weighted by molar-refractivity contribution is 0.0736. The number of para-hydroxylation sites is 1. The number of hydrogen-bond acceptors (Lipinski definition) is 3. The van der Waals surface area contributed by atoms with Crippen molar-refractivity contribution in [2.24, 2.45) is 0 Å². The van der Waals surface area contributed by atoms with Crippen molar-refractivity contribution < 1.29 is 9.18 Å². The summed E-state index contributed by atoms with van der Waals surface area (Å²) < 4.78 is 16.3. The smallest absolute Gasteiger partial charge is 0.270 e. The van der Waals surface area contributed by atoms with Crippen molar-refractivity contribution in [3.63, 3.8) is 0 Å². The average Bonchev–Trinajstić information content (AvgIpc) is 3.19. The maximum absolute atomic E-state index is 14.4. The molecule has 162 valence electrons. The second-order valence-corrected chi connectivity index (χ2v) is 8.32. The van der Waals surface area contributed by atoms with E-state index in [-0.39, 0.29) is 11.7 Å². The molecule has 0 radical (unpaired) electrons. The second-order valence-electron chi connectivity index (χ2n) is 7.88. The van der Waals surface area contributed by atoms with Crippen LogP contribution >= 0.6 is 11.6 Å². The van der Waals surface area contributed by atoms with Crippen LogP contribution in [0.4, 0.5) is 10.2 Å². The number of aromatic nitrogens is 2. The molecule has 0 spiro atoms. The molecule has 1 aliphatic heterocycles. The molecule has 5 rings (SSSR count). The van der Waals surface area contributed by atoms with Gasteiger partial charge in [-0.1, -0.05) is 48.0 Å². The van der Waals surface area contributed by atoms with Gasteiger partial charge in [0.2, 0.25) is 0 Å². The van der Waals surface area contributed by atoms with Gasteiger partial charge in [0.25, 0.3) is 5.91 Å². The van der Waals surface area contributed by atoms with Crippen LogP contribution in [0.2, 0.25) is 5.02 Å². The Bertz CT molecular complexity index is 1260. The van der Waals surface area contributed by atoms with Crippen LogP contribution in [0.15, 0.2) is 72.9 Å². The number of piperazine rings is 1. The maximum atomic E-state index is 14.4. The first-order valence-electron chi connectivity index (χ1n) is 10.6. The Morgan fingerprint density at radius 1 is 0.969 bits per heavy atom. The average molecular weight is 449 g/mol. The van der Waals surface area contributed by atoms with Crippen molar-refractivity contribution in [1.29, 1.82) is 0 Å². The van der Waals surface area contributed by atoms with E-state index in [9.17, 15) is 9.18 Å². The third kappa shape index (κ3) is 3.94. The third-order valence-corrected chi connectivity index (χ3v) is 6.14. The molecule has 7 heteroatoms. The summed E-state index contributed by atoms with van der Waals surface area (Å²) in [6.45, 7) is 2.85. The minimum absolute atomic E-state index is 0.0405. The van der Waals surface area contributed by atoms with E-state index in [0.717, 1.165) is 16.7 Å². The van der Waals surface area contributed by atoms with Crippen LogP contribution in [0.25, 0.3) is 10.9 Å². The standard InChI is InChI=1S/C25H22ClFN4O/c26-20-9-10-24(28-16-20)29-11-13-30(14-12-29)25(32)23-15-18-5-2-4-8-22(18)31(23)17-19-6-1-3-7-21(19)27/h1-10,15-16H,11-14,17H2. The molecule has 1 amide bonds. The Kier molecular flexibility index (Phi) is 5.53. The molecule has 4 aromatic rings. The fourth-order valence-corrected chi connectivity index (χ4v) is 4.32. The van der Waals surface area contributed by atoms with E-state index in [1.54, 1.807) is 18.3 Å². The summed E-state index contributed by atoms with van der Waals surface area (Å²) in [5.74, 6) is 0.546. The highest BCUT2D eigenvalue weighted by Crippen LogP contribution is 2.24. The molecule has 0 N–H and O–H groups in total. The summed E-state index contributed by atoms with van der Waals surface area (Å²) in [5.41, 5.74) is 2.05. The summed E-state index contributed by atoms with van der Waals surface area (Å²) in [6, 6.07) is 20.2. The van der Waals surface area contributed by atoms with E-state index in [1.165, 1.54) is 6.07 Å². The molecule has 1 saturated heterocycles. The number of hydrogen-bond donors (Lipinski definition) is 0. The highest BCUT2D eigenvalue weighted by Gasteiger charge is 2.26. The molecule has 0 unspecified atom stereocenters. The van der Waals surface area contributed by atoms with Crippen LogP contribution in [0.5, 0.6) is 0 Å². The summed E-state index contributed by atoms with van der Waals surface area (Å²) in [7, 11) is 0. The first-order chi connectivity index (χ1) is 15.6. The molecule has 0 atom stereocenters. The lowest BCUT2D eigenvalue weighted by Gasteiger charge is -2.35. The molecule has 2 aromatic carbocycles. The van der Waals surface area contributed by atoms with E-state index in [4.69, 9.17) is 11.6 Å². The molecule has 32 heavy (non-hydrogen) atoms. The maximum Gasteiger partial charge on any atom is 0.270 e. The van der Waals surface area contributed by atoms with Gasteiger partial charge in [-0.05, 0) is 30.3 Å². The molecule has 2 aromatic heterocycles. The van der Waals surface area contributed by atoms with Crippen LogP contribution in [0.3, 0.4) is 0 Å². The molecule has 5 nitrogen and oxygen atoms in total. The number of nitrogens with zero attached hydrogens (tertiary/aromatic N) is 4. The molecule has 1 fully saturated rings. The molecule has 1 aliphatic rings. The lowest BCUT2D eigenvalue weighted by atomic mass is 10.2. The number of rotatable bonds is 4. The van der Waals surface area contributed by atoms with Gasteiger partial charge >= 0.3 is 0 Å². The van der Waals surface area contributed by atoms with Crippen LogP contribution in [-0.2, 0) is 6.54 Å².